The van der Waals surface area contributed by atoms with Crippen LogP contribution in [0.2, 0.25) is 5.02 Å². The van der Waals surface area contributed by atoms with E-state index < -0.39 is 21.0 Å². The number of allylic oxidation sites excluding steroid dienone is 2. The maximum atomic E-state index is 13.5. The number of H-pyrrole nitrogens is 1. The molecule has 1 aromatic carbocycles. The number of aromatic nitrogens is 1. The summed E-state index contributed by atoms with van der Waals surface area (Å²) in [4.78, 5) is 16.6. The van der Waals surface area contributed by atoms with Gasteiger partial charge in [0.1, 0.15) is 0 Å². The molecule has 1 aliphatic carbocycles. The van der Waals surface area contributed by atoms with Crippen LogP contribution in [0.4, 0.5) is 0 Å². The first-order valence-corrected chi connectivity index (χ1v) is 11.6. The molecule has 2 N–H and O–H groups in total. The van der Waals surface area contributed by atoms with E-state index in [1.807, 2.05) is 19.1 Å². The van der Waals surface area contributed by atoms with E-state index in [1.54, 1.807) is 49.5 Å². The van der Waals surface area contributed by atoms with Gasteiger partial charge < -0.3 is 4.98 Å². The SMILES string of the molecule is CC1(NS(C)(=O)=O)C=C(Cl)C(C)(Cc2ccc[nH]2)C(C(=O)c2ccc(Cl)cc2)=C1. The Balaban J connectivity index is 2.13. The average Bonchev–Trinajstić information content (AvgIpc) is 3.09. The number of sulfonamides is 1. The number of nitrogens with one attached hydrogen (secondary N) is 2. The quantitative estimate of drug-likeness (QED) is 0.634. The lowest BCUT2D eigenvalue weighted by atomic mass is 9.69. The zero-order valence-electron chi connectivity index (χ0n) is 16.3. The third kappa shape index (κ3) is 4.83. The highest BCUT2D eigenvalue weighted by Crippen LogP contribution is 2.47. The largest absolute Gasteiger partial charge is 0.365 e. The molecule has 0 saturated heterocycles. The van der Waals surface area contributed by atoms with Gasteiger partial charge >= 0.3 is 0 Å². The van der Waals surface area contributed by atoms with Gasteiger partial charge in [-0.15, -0.1) is 0 Å². The maximum absolute atomic E-state index is 13.5. The number of hydrogen-bond donors (Lipinski definition) is 2. The second-order valence-corrected chi connectivity index (χ2v) is 10.3. The van der Waals surface area contributed by atoms with Crippen molar-refractivity contribution in [1.82, 2.24) is 9.71 Å². The first kappa shape index (κ1) is 21.8. The molecule has 8 heteroatoms. The van der Waals surface area contributed by atoms with Gasteiger partial charge in [0.25, 0.3) is 0 Å². The maximum Gasteiger partial charge on any atom is 0.209 e. The molecule has 1 heterocycles. The molecule has 2 aromatic rings. The predicted molar refractivity (Wildman–Crippen MR) is 117 cm³/mol. The summed E-state index contributed by atoms with van der Waals surface area (Å²) in [5, 5.41) is 0.917. The standard InChI is InChI=1S/C21H22Cl2N2O3S/c1-20(25-29(3,27)28)12-17(19(26)14-6-8-15(22)9-7-14)21(2,18(23)13-20)11-16-5-4-10-24-16/h4-10,12-13,24-25H,11H2,1-3H3. The van der Waals surface area contributed by atoms with E-state index in [4.69, 9.17) is 23.2 Å². The number of carbonyl (C=O) groups is 1. The van der Waals surface area contributed by atoms with Gasteiger partial charge in [-0.3, -0.25) is 4.79 Å². The van der Waals surface area contributed by atoms with Gasteiger partial charge in [0.05, 0.1) is 11.8 Å². The van der Waals surface area contributed by atoms with E-state index in [1.165, 1.54) is 0 Å². The van der Waals surface area contributed by atoms with Gasteiger partial charge in [0, 0.05) is 44.9 Å². The Hall–Kier alpha value is -1.86. The van der Waals surface area contributed by atoms with Crippen LogP contribution in [0.3, 0.4) is 0 Å². The van der Waals surface area contributed by atoms with Crippen molar-refractivity contribution in [3.05, 3.63) is 81.6 Å². The highest BCUT2D eigenvalue weighted by molar-refractivity contribution is 7.88. The van der Waals surface area contributed by atoms with E-state index in [9.17, 15) is 13.2 Å². The fraction of sp³-hybridized carbons (Fsp3) is 0.286. The Bertz CT molecular complexity index is 1090. The second-order valence-electron chi connectivity index (χ2n) is 7.75. The van der Waals surface area contributed by atoms with Crippen LogP contribution in [0.15, 0.2) is 65.4 Å². The molecule has 0 amide bonds. The van der Waals surface area contributed by atoms with Gasteiger partial charge in [-0.25, -0.2) is 13.1 Å². The van der Waals surface area contributed by atoms with Crippen LogP contribution in [0, 0.1) is 5.41 Å². The molecular formula is C21H22Cl2N2O3S. The van der Waals surface area contributed by atoms with Gasteiger partial charge in [0.15, 0.2) is 5.78 Å². The first-order chi connectivity index (χ1) is 13.4. The lowest BCUT2D eigenvalue weighted by Crippen LogP contribution is -2.47. The monoisotopic (exact) mass is 452 g/mol. The second kappa shape index (κ2) is 7.76. The Morgan fingerprint density at radius 2 is 1.76 bits per heavy atom. The van der Waals surface area contributed by atoms with Crippen LogP contribution in [0.25, 0.3) is 0 Å². The average molecular weight is 453 g/mol. The molecule has 0 radical (unpaired) electrons. The van der Waals surface area contributed by atoms with E-state index in [-0.39, 0.29) is 5.78 Å². The van der Waals surface area contributed by atoms with E-state index in [0.29, 0.717) is 27.6 Å². The zero-order valence-corrected chi connectivity index (χ0v) is 18.6. The lowest BCUT2D eigenvalue weighted by molar-refractivity contribution is 0.101. The molecule has 0 spiro atoms. The third-order valence-corrected chi connectivity index (χ3v) is 6.54. The molecule has 0 aliphatic heterocycles. The molecular weight excluding hydrogens is 431 g/mol. The van der Waals surface area contributed by atoms with Crippen LogP contribution < -0.4 is 4.72 Å². The number of Topliss-reactive ketones (excluding diaryl/α,β-unsaturated/α-hetero) is 1. The molecule has 0 bridgehead atoms. The van der Waals surface area contributed by atoms with E-state index in [2.05, 4.69) is 9.71 Å². The van der Waals surface area contributed by atoms with Gasteiger partial charge in [-0.1, -0.05) is 36.2 Å². The molecule has 0 saturated carbocycles. The minimum Gasteiger partial charge on any atom is -0.365 e. The first-order valence-electron chi connectivity index (χ1n) is 8.95. The molecule has 5 nitrogen and oxygen atoms in total. The highest BCUT2D eigenvalue weighted by Gasteiger charge is 2.43. The topological polar surface area (TPSA) is 79.0 Å². The van der Waals surface area contributed by atoms with Crippen molar-refractivity contribution in [3.8, 4) is 0 Å². The Labute approximate surface area is 180 Å². The van der Waals surface area contributed by atoms with Gasteiger partial charge in [0.2, 0.25) is 10.0 Å². The summed E-state index contributed by atoms with van der Waals surface area (Å²) in [7, 11) is -3.54. The fourth-order valence-corrected chi connectivity index (χ4v) is 5.06. The van der Waals surface area contributed by atoms with Crippen molar-refractivity contribution in [1.29, 1.82) is 0 Å². The van der Waals surface area contributed by atoms with Crippen molar-refractivity contribution in [3.63, 3.8) is 0 Å². The van der Waals surface area contributed by atoms with Crippen molar-refractivity contribution in [2.24, 2.45) is 5.41 Å². The highest BCUT2D eigenvalue weighted by atomic mass is 35.5. The summed E-state index contributed by atoms with van der Waals surface area (Å²) in [5.74, 6) is -0.233. The van der Waals surface area contributed by atoms with Crippen LogP contribution in [-0.4, -0.2) is 31.0 Å². The zero-order chi connectivity index (χ0) is 21.4. The number of carbonyl (C=O) groups excluding carboxylic acids is 1. The summed E-state index contributed by atoms with van der Waals surface area (Å²) in [6.07, 6.45) is 6.63. The summed E-state index contributed by atoms with van der Waals surface area (Å²) in [5.41, 5.74) is -0.181. The van der Waals surface area contributed by atoms with Crippen molar-refractivity contribution < 1.29 is 13.2 Å². The molecule has 0 fully saturated rings. The van der Waals surface area contributed by atoms with Crippen LogP contribution in [0.1, 0.15) is 29.9 Å². The number of aromatic amines is 1. The van der Waals surface area contributed by atoms with Crippen LogP contribution in [0.5, 0.6) is 0 Å². The van der Waals surface area contributed by atoms with Gasteiger partial charge in [-0.05, 0) is 49.4 Å². The van der Waals surface area contributed by atoms with Crippen molar-refractivity contribution >= 4 is 39.0 Å². The number of hydrogen-bond acceptors (Lipinski definition) is 3. The molecule has 1 aromatic heterocycles. The smallest absolute Gasteiger partial charge is 0.209 e. The van der Waals surface area contributed by atoms with Gasteiger partial charge in [-0.2, -0.15) is 0 Å². The summed E-state index contributed by atoms with van der Waals surface area (Å²) in [6.45, 7) is 3.55. The van der Waals surface area contributed by atoms with Crippen LogP contribution >= 0.6 is 23.2 Å². The molecule has 2 unspecified atom stereocenters. The lowest BCUT2D eigenvalue weighted by Gasteiger charge is -2.39. The number of halogens is 2. The summed E-state index contributed by atoms with van der Waals surface area (Å²) < 4.78 is 26.4. The minimum absolute atomic E-state index is 0.233. The van der Waals surface area contributed by atoms with Crippen molar-refractivity contribution in [2.45, 2.75) is 25.8 Å². The summed E-state index contributed by atoms with van der Waals surface area (Å²) >= 11 is 12.7. The predicted octanol–water partition coefficient (Wildman–Crippen LogP) is 4.47. The molecule has 3 rings (SSSR count). The Kier molecular flexibility index (Phi) is 5.84. The molecule has 154 valence electrons. The Morgan fingerprint density at radius 3 is 2.31 bits per heavy atom. The minimum atomic E-state index is -3.54. The number of ketones is 1. The molecule has 29 heavy (non-hydrogen) atoms. The van der Waals surface area contributed by atoms with Crippen molar-refractivity contribution in [2.75, 3.05) is 6.26 Å². The molecule has 1 aliphatic rings. The normalized spacial score (nSPS) is 24.7. The fourth-order valence-electron chi connectivity index (χ4n) is 3.62. The summed E-state index contributed by atoms with van der Waals surface area (Å²) in [6, 6.07) is 10.4. The van der Waals surface area contributed by atoms with E-state index >= 15 is 0 Å². The third-order valence-electron chi connectivity index (χ3n) is 4.96. The van der Waals surface area contributed by atoms with Crippen LogP contribution in [-0.2, 0) is 16.4 Å². The Morgan fingerprint density at radius 1 is 1.10 bits per heavy atom. The number of benzene rings is 1. The molecule has 2 atom stereocenters. The van der Waals surface area contributed by atoms with E-state index in [0.717, 1.165) is 11.9 Å². The number of rotatable bonds is 6.